The van der Waals surface area contributed by atoms with E-state index in [-0.39, 0.29) is 29.4 Å². The van der Waals surface area contributed by atoms with Gasteiger partial charge in [0.25, 0.3) is 0 Å². The van der Waals surface area contributed by atoms with Crippen LogP contribution in [0.15, 0.2) is 78.0 Å². The summed E-state index contributed by atoms with van der Waals surface area (Å²) in [5, 5.41) is 2.22. The van der Waals surface area contributed by atoms with Gasteiger partial charge in [-0.2, -0.15) is 0 Å². The van der Waals surface area contributed by atoms with Crippen LogP contribution in [0.1, 0.15) is 51.5 Å². The fraction of sp³-hybridized carbons (Fsp3) is 0.310. The molecule has 0 fully saturated rings. The highest BCUT2D eigenvalue weighted by Crippen LogP contribution is 2.48. The number of ether oxygens (including phenoxy) is 1. The van der Waals surface area contributed by atoms with Crippen molar-refractivity contribution in [2.75, 3.05) is 11.5 Å². The topological polar surface area (TPSA) is 46.6 Å². The van der Waals surface area contributed by atoms with E-state index in [2.05, 4.69) is 32.0 Å². The van der Waals surface area contributed by atoms with Crippen LogP contribution in [0.25, 0.3) is 10.8 Å². The van der Waals surface area contributed by atoms with Gasteiger partial charge in [-0.25, -0.2) is 0 Å². The number of carbonyl (C=O) groups is 2. The van der Waals surface area contributed by atoms with Crippen molar-refractivity contribution in [3.63, 3.8) is 0 Å². The maximum Gasteiger partial charge on any atom is 0.232 e. The quantitative estimate of drug-likeness (QED) is 0.472. The molecule has 0 saturated heterocycles. The van der Waals surface area contributed by atoms with Crippen molar-refractivity contribution >= 4 is 28.2 Å². The van der Waals surface area contributed by atoms with Gasteiger partial charge in [-0.05, 0) is 59.4 Å². The molecular weight excluding hydrogens is 410 g/mol. The van der Waals surface area contributed by atoms with Gasteiger partial charge < -0.3 is 4.74 Å². The number of benzene rings is 3. The number of anilines is 1. The first-order chi connectivity index (χ1) is 15.9. The van der Waals surface area contributed by atoms with Crippen molar-refractivity contribution in [1.82, 2.24) is 0 Å². The molecule has 5 rings (SSSR count). The van der Waals surface area contributed by atoms with Gasteiger partial charge in [0.05, 0.1) is 6.61 Å². The molecule has 3 aromatic carbocycles. The van der Waals surface area contributed by atoms with Gasteiger partial charge in [-0.15, -0.1) is 0 Å². The number of Topliss-reactive ketones (excluding diaryl/α,β-unsaturated/α-hetero) is 1. The first-order valence-electron chi connectivity index (χ1n) is 11.7. The predicted molar refractivity (Wildman–Crippen MR) is 131 cm³/mol. The molecule has 0 bridgehead atoms. The van der Waals surface area contributed by atoms with Crippen LogP contribution in [0.3, 0.4) is 0 Å². The minimum absolute atomic E-state index is 0.0356. The maximum absolute atomic E-state index is 13.6. The van der Waals surface area contributed by atoms with E-state index in [1.54, 1.807) is 0 Å². The van der Waals surface area contributed by atoms with Crippen molar-refractivity contribution < 1.29 is 14.3 Å². The van der Waals surface area contributed by atoms with Crippen LogP contribution in [0.4, 0.5) is 5.69 Å². The van der Waals surface area contributed by atoms with E-state index in [9.17, 15) is 9.59 Å². The van der Waals surface area contributed by atoms with E-state index in [0.717, 1.165) is 39.0 Å². The number of fused-ring (bicyclic) bond motifs is 1. The van der Waals surface area contributed by atoms with E-state index in [1.807, 2.05) is 60.4 Å². The van der Waals surface area contributed by atoms with Gasteiger partial charge in [0.1, 0.15) is 5.75 Å². The second kappa shape index (κ2) is 8.18. The molecule has 1 heterocycles. The number of hydrogen-bond acceptors (Lipinski definition) is 3. The van der Waals surface area contributed by atoms with Crippen LogP contribution in [-0.4, -0.2) is 18.3 Å². The Balaban J connectivity index is 1.63. The lowest BCUT2D eigenvalue weighted by Gasteiger charge is -2.43. The molecule has 1 unspecified atom stereocenters. The van der Waals surface area contributed by atoms with Crippen LogP contribution in [0.5, 0.6) is 5.75 Å². The fourth-order valence-electron chi connectivity index (χ4n) is 5.28. The summed E-state index contributed by atoms with van der Waals surface area (Å²) in [6, 6.07) is 22.1. The predicted octanol–water partition coefficient (Wildman–Crippen LogP) is 6.40. The lowest BCUT2D eigenvalue weighted by Crippen LogP contribution is -2.43. The lowest BCUT2D eigenvalue weighted by atomic mass is 9.69. The third kappa shape index (κ3) is 3.95. The lowest BCUT2D eigenvalue weighted by molar-refractivity contribution is -0.121. The summed E-state index contributed by atoms with van der Waals surface area (Å²) in [7, 11) is 0. The molecule has 0 aromatic heterocycles. The molecule has 168 valence electrons. The Morgan fingerprint density at radius 2 is 1.67 bits per heavy atom. The fourth-order valence-corrected chi connectivity index (χ4v) is 5.28. The van der Waals surface area contributed by atoms with Crippen LogP contribution >= 0.6 is 0 Å². The highest BCUT2D eigenvalue weighted by atomic mass is 16.5. The summed E-state index contributed by atoms with van der Waals surface area (Å²) in [5.41, 5.74) is 3.30. The van der Waals surface area contributed by atoms with Crippen LogP contribution in [0, 0.1) is 5.41 Å². The SMILES string of the molecule is CCOc1ccc(C2CC(=O)N(c3ccc4ccccc4c3)C3=C2C(=O)CC(C)(C)C3)cc1. The molecule has 1 atom stereocenters. The van der Waals surface area contributed by atoms with Crippen LogP contribution in [0.2, 0.25) is 0 Å². The minimum atomic E-state index is -0.219. The van der Waals surface area contributed by atoms with Crippen molar-refractivity contribution in [3.8, 4) is 5.75 Å². The molecule has 3 aromatic rings. The van der Waals surface area contributed by atoms with Gasteiger partial charge in [-0.1, -0.05) is 56.3 Å². The Morgan fingerprint density at radius 1 is 0.939 bits per heavy atom. The summed E-state index contributed by atoms with van der Waals surface area (Å²) in [5.74, 6) is 0.766. The highest BCUT2D eigenvalue weighted by Gasteiger charge is 2.44. The minimum Gasteiger partial charge on any atom is -0.494 e. The Morgan fingerprint density at radius 3 is 2.39 bits per heavy atom. The number of rotatable bonds is 4. The van der Waals surface area contributed by atoms with Gasteiger partial charge in [0.2, 0.25) is 5.91 Å². The van der Waals surface area contributed by atoms with E-state index in [1.165, 1.54) is 0 Å². The molecule has 1 aliphatic carbocycles. The average Bonchev–Trinajstić information content (AvgIpc) is 2.78. The molecule has 2 aliphatic rings. The van der Waals surface area contributed by atoms with Gasteiger partial charge in [0.15, 0.2) is 5.78 Å². The summed E-state index contributed by atoms with van der Waals surface area (Å²) in [6.07, 6.45) is 1.48. The van der Waals surface area contributed by atoms with Gasteiger partial charge in [-0.3, -0.25) is 14.5 Å². The first-order valence-corrected chi connectivity index (χ1v) is 11.7. The molecule has 0 N–H and O–H groups in total. The average molecular weight is 440 g/mol. The summed E-state index contributed by atoms with van der Waals surface area (Å²) in [6.45, 7) is 6.77. The summed E-state index contributed by atoms with van der Waals surface area (Å²) < 4.78 is 5.58. The third-order valence-corrected chi connectivity index (χ3v) is 6.73. The molecule has 1 aliphatic heterocycles. The zero-order valence-corrected chi connectivity index (χ0v) is 19.4. The molecule has 4 heteroatoms. The Bertz CT molecular complexity index is 1270. The molecule has 4 nitrogen and oxygen atoms in total. The van der Waals surface area contributed by atoms with E-state index >= 15 is 0 Å². The Hall–Kier alpha value is -3.40. The van der Waals surface area contributed by atoms with Crippen molar-refractivity contribution in [3.05, 3.63) is 83.6 Å². The smallest absolute Gasteiger partial charge is 0.232 e. The normalized spacial score (nSPS) is 20.2. The molecule has 1 amide bonds. The number of nitrogens with zero attached hydrogens (tertiary/aromatic N) is 1. The summed E-state index contributed by atoms with van der Waals surface area (Å²) >= 11 is 0. The Kier molecular flexibility index (Phi) is 5.32. The number of ketones is 1. The molecule has 33 heavy (non-hydrogen) atoms. The van der Waals surface area contributed by atoms with Crippen LogP contribution in [-0.2, 0) is 9.59 Å². The molecule has 0 saturated carbocycles. The largest absolute Gasteiger partial charge is 0.494 e. The van der Waals surface area contributed by atoms with Crippen molar-refractivity contribution in [2.45, 2.75) is 46.0 Å². The third-order valence-electron chi connectivity index (χ3n) is 6.73. The number of hydrogen-bond donors (Lipinski definition) is 0. The highest BCUT2D eigenvalue weighted by molar-refractivity contribution is 6.08. The van der Waals surface area contributed by atoms with Crippen molar-refractivity contribution in [1.29, 1.82) is 0 Å². The zero-order valence-electron chi connectivity index (χ0n) is 19.4. The standard InChI is InChI=1S/C29H29NO3/c1-4-33-23-13-10-20(11-14-23)24-16-27(32)30(25-17-29(2,3)18-26(31)28(24)25)22-12-9-19-7-5-6-8-21(19)15-22/h5-15,24H,4,16-18H2,1-3H3. The zero-order chi connectivity index (χ0) is 23.2. The van der Waals surface area contributed by atoms with Gasteiger partial charge in [0, 0.05) is 35.7 Å². The second-order valence-corrected chi connectivity index (χ2v) is 9.82. The van der Waals surface area contributed by atoms with E-state index < -0.39 is 0 Å². The second-order valence-electron chi connectivity index (χ2n) is 9.82. The monoisotopic (exact) mass is 439 g/mol. The Labute approximate surface area is 194 Å². The number of amides is 1. The first kappa shape index (κ1) is 21.4. The number of carbonyl (C=O) groups excluding carboxylic acids is 2. The maximum atomic E-state index is 13.6. The van der Waals surface area contributed by atoms with Crippen LogP contribution < -0.4 is 9.64 Å². The molecular formula is C29H29NO3. The molecule has 0 radical (unpaired) electrons. The number of allylic oxidation sites excluding steroid dienone is 2. The van der Waals surface area contributed by atoms with Gasteiger partial charge >= 0.3 is 0 Å². The summed E-state index contributed by atoms with van der Waals surface area (Å²) in [4.78, 5) is 28.9. The molecule has 0 spiro atoms. The van der Waals surface area contributed by atoms with E-state index in [4.69, 9.17) is 4.74 Å². The van der Waals surface area contributed by atoms with Crippen molar-refractivity contribution in [2.24, 2.45) is 5.41 Å². The van der Waals surface area contributed by atoms with E-state index in [0.29, 0.717) is 19.4 Å².